The van der Waals surface area contributed by atoms with E-state index in [1.807, 2.05) is 35.2 Å². The summed E-state index contributed by atoms with van der Waals surface area (Å²) in [6.45, 7) is 1.51. The highest BCUT2D eigenvalue weighted by molar-refractivity contribution is 9.10. The van der Waals surface area contributed by atoms with Gasteiger partial charge in [-0.1, -0.05) is 30.3 Å². The van der Waals surface area contributed by atoms with E-state index in [2.05, 4.69) is 27.0 Å². The van der Waals surface area contributed by atoms with Crippen molar-refractivity contribution in [3.05, 3.63) is 57.8 Å². The molecule has 0 saturated carbocycles. The van der Waals surface area contributed by atoms with Crippen molar-refractivity contribution in [1.82, 2.24) is 9.88 Å². The molecule has 98 valence electrons. The van der Waals surface area contributed by atoms with E-state index in [0.29, 0.717) is 13.0 Å². The Morgan fingerprint density at radius 3 is 2.89 bits per heavy atom. The van der Waals surface area contributed by atoms with E-state index < -0.39 is 0 Å². The Kier molecular flexibility index (Phi) is 3.42. The molecule has 3 nitrogen and oxygen atoms in total. The summed E-state index contributed by atoms with van der Waals surface area (Å²) in [4.78, 5) is 17.5. The monoisotopic (exact) mass is 318 g/mol. The summed E-state index contributed by atoms with van der Waals surface area (Å²) in [6.07, 6.45) is 1.39. The van der Waals surface area contributed by atoms with Crippen molar-refractivity contribution in [2.24, 2.45) is 0 Å². The van der Waals surface area contributed by atoms with Gasteiger partial charge in [0.1, 0.15) is 0 Å². The molecule has 1 amide bonds. The highest BCUT2D eigenvalue weighted by atomic mass is 79.9. The number of benzene rings is 1. The van der Waals surface area contributed by atoms with Gasteiger partial charge in [-0.25, -0.2) is 0 Å². The van der Waals surface area contributed by atoms with Crippen molar-refractivity contribution < 1.29 is 4.79 Å². The van der Waals surface area contributed by atoms with Crippen molar-refractivity contribution in [2.75, 3.05) is 6.54 Å². The lowest BCUT2D eigenvalue weighted by molar-refractivity contribution is -0.131. The lowest BCUT2D eigenvalue weighted by Gasteiger charge is -2.27. The highest BCUT2D eigenvalue weighted by Crippen LogP contribution is 2.23. The molecule has 0 atom stereocenters. The van der Waals surface area contributed by atoms with Crippen molar-refractivity contribution in [2.45, 2.75) is 19.4 Å². The fourth-order valence-corrected chi connectivity index (χ4v) is 3.01. The largest absolute Gasteiger partial charge is 0.353 e. The molecule has 19 heavy (non-hydrogen) atoms. The van der Waals surface area contributed by atoms with Gasteiger partial charge >= 0.3 is 0 Å². The van der Waals surface area contributed by atoms with E-state index in [1.54, 1.807) is 0 Å². The first-order chi connectivity index (χ1) is 9.22. The number of nitrogens with zero attached hydrogens (tertiary/aromatic N) is 1. The predicted octanol–water partition coefficient (Wildman–Crippen LogP) is 2.90. The third kappa shape index (κ3) is 2.73. The summed E-state index contributed by atoms with van der Waals surface area (Å²) in [6, 6.07) is 12.0. The maximum absolute atomic E-state index is 12.3. The highest BCUT2D eigenvalue weighted by Gasteiger charge is 2.22. The van der Waals surface area contributed by atoms with Crippen LogP contribution in [0.25, 0.3) is 0 Å². The molecule has 0 fully saturated rings. The van der Waals surface area contributed by atoms with Gasteiger partial charge < -0.3 is 9.88 Å². The number of aromatic nitrogens is 1. The minimum absolute atomic E-state index is 0.203. The summed E-state index contributed by atoms with van der Waals surface area (Å²) in [5.74, 6) is 0.203. The maximum Gasteiger partial charge on any atom is 0.227 e. The zero-order valence-electron chi connectivity index (χ0n) is 10.5. The van der Waals surface area contributed by atoms with Crippen molar-refractivity contribution >= 4 is 21.8 Å². The fourth-order valence-electron chi connectivity index (χ4n) is 2.49. The number of rotatable bonds is 2. The Labute approximate surface area is 120 Å². The van der Waals surface area contributed by atoms with Gasteiger partial charge in [-0.2, -0.15) is 0 Å². The molecule has 0 unspecified atom stereocenters. The zero-order chi connectivity index (χ0) is 13.2. The number of carbonyl (C=O) groups excluding carboxylic acids is 1. The molecule has 1 aliphatic heterocycles. The molecule has 4 heteroatoms. The Hall–Kier alpha value is -1.55. The van der Waals surface area contributed by atoms with Gasteiger partial charge in [-0.3, -0.25) is 4.79 Å². The second kappa shape index (κ2) is 5.21. The molecular formula is C15H15BrN2O. The standard InChI is InChI=1S/C15H15BrN2O/c16-14-9-12-10-18(7-6-13(12)17-14)15(19)8-11-4-2-1-3-5-11/h1-5,9,17H,6-8,10H2. The number of carbonyl (C=O) groups is 1. The van der Waals surface area contributed by atoms with E-state index in [9.17, 15) is 4.79 Å². The molecule has 1 aromatic carbocycles. The van der Waals surface area contributed by atoms with Gasteiger partial charge in [0, 0.05) is 25.2 Å². The molecule has 1 aliphatic rings. The van der Waals surface area contributed by atoms with Crippen LogP contribution >= 0.6 is 15.9 Å². The topological polar surface area (TPSA) is 36.1 Å². The number of fused-ring (bicyclic) bond motifs is 1. The van der Waals surface area contributed by atoms with Crippen LogP contribution in [0.4, 0.5) is 0 Å². The maximum atomic E-state index is 12.3. The molecule has 0 radical (unpaired) electrons. The quantitative estimate of drug-likeness (QED) is 0.908. The first-order valence-electron chi connectivity index (χ1n) is 6.40. The minimum atomic E-state index is 0.203. The lowest BCUT2D eigenvalue weighted by atomic mass is 10.1. The molecule has 0 spiro atoms. The van der Waals surface area contributed by atoms with Crippen LogP contribution in [0.5, 0.6) is 0 Å². The summed E-state index contributed by atoms with van der Waals surface area (Å²) in [5, 5.41) is 0. The third-order valence-corrected chi connectivity index (χ3v) is 3.93. The zero-order valence-corrected chi connectivity index (χ0v) is 12.1. The number of hydrogen-bond donors (Lipinski definition) is 1. The van der Waals surface area contributed by atoms with Gasteiger partial charge in [-0.15, -0.1) is 0 Å². The van der Waals surface area contributed by atoms with E-state index >= 15 is 0 Å². The normalized spacial score (nSPS) is 14.3. The average Bonchev–Trinajstić information content (AvgIpc) is 2.78. The molecule has 1 N–H and O–H groups in total. The van der Waals surface area contributed by atoms with E-state index in [1.165, 1.54) is 11.3 Å². The lowest BCUT2D eigenvalue weighted by Crippen LogP contribution is -2.36. The van der Waals surface area contributed by atoms with Crippen molar-refractivity contribution in [3.63, 3.8) is 0 Å². The van der Waals surface area contributed by atoms with Gasteiger partial charge in [-0.05, 0) is 33.1 Å². The molecule has 0 saturated heterocycles. The third-order valence-electron chi connectivity index (χ3n) is 3.50. The SMILES string of the molecule is O=C(Cc1ccccc1)N1CCc2[nH]c(Br)cc2C1. The second-order valence-corrected chi connectivity index (χ2v) is 5.70. The van der Waals surface area contributed by atoms with E-state index in [0.717, 1.165) is 23.1 Å². The Balaban J connectivity index is 1.69. The molecule has 0 bridgehead atoms. The van der Waals surface area contributed by atoms with Crippen LogP contribution < -0.4 is 0 Å². The molecule has 2 aromatic rings. The van der Waals surface area contributed by atoms with E-state index in [-0.39, 0.29) is 5.91 Å². The molecular weight excluding hydrogens is 304 g/mol. The average molecular weight is 319 g/mol. The fraction of sp³-hybridized carbons (Fsp3) is 0.267. The summed E-state index contributed by atoms with van der Waals surface area (Å²) < 4.78 is 0.995. The number of aromatic amines is 1. The molecule has 3 rings (SSSR count). The Bertz CT molecular complexity index is 591. The van der Waals surface area contributed by atoms with Crippen LogP contribution in [0.15, 0.2) is 41.0 Å². The van der Waals surface area contributed by atoms with Crippen LogP contribution in [0.2, 0.25) is 0 Å². The van der Waals surface area contributed by atoms with E-state index in [4.69, 9.17) is 0 Å². The number of amides is 1. The predicted molar refractivity (Wildman–Crippen MR) is 77.8 cm³/mol. The summed E-state index contributed by atoms with van der Waals surface area (Å²) >= 11 is 3.44. The second-order valence-electron chi connectivity index (χ2n) is 4.85. The molecule has 0 aliphatic carbocycles. The summed E-state index contributed by atoms with van der Waals surface area (Å²) in [5.41, 5.74) is 3.55. The Morgan fingerprint density at radius 2 is 2.11 bits per heavy atom. The number of H-pyrrole nitrogens is 1. The number of halogens is 1. The van der Waals surface area contributed by atoms with Crippen LogP contribution in [0, 0.1) is 0 Å². The van der Waals surface area contributed by atoms with Crippen LogP contribution in [-0.2, 0) is 24.2 Å². The van der Waals surface area contributed by atoms with Crippen molar-refractivity contribution in [3.8, 4) is 0 Å². The van der Waals surface area contributed by atoms with Crippen LogP contribution in [-0.4, -0.2) is 22.3 Å². The smallest absolute Gasteiger partial charge is 0.227 e. The first-order valence-corrected chi connectivity index (χ1v) is 7.19. The minimum Gasteiger partial charge on any atom is -0.353 e. The van der Waals surface area contributed by atoms with Crippen LogP contribution in [0.1, 0.15) is 16.8 Å². The van der Waals surface area contributed by atoms with Gasteiger partial charge in [0.15, 0.2) is 0 Å². The van der Waals surface area contributed by atoms with Gasteiger partial charge in [0.2, 0.25) is 5.91 Å². The van der Waals surface area contributed by atoms with Gasteiger partial charge in [0.05, 0.1) is 11.0 Å². The number of hydrogen-bond acceptors (Lipinski definition) is 1. The van der Waals surface area contributed by atoms with Crippen molar-refractivity contribution in [1.29, 1.82) is 0 Å². The van der Waals surface area contributed by atoms with Gasteiger partial charge in [0.25, 0.3) is 0 Å². The summed E-state index contributed by atoms with van der Waals surface area (Å²) in [7, 11) is 0. The number of nitrogens with one attached hydrogen (secondary N) is 1. The van der Waals surface area contributed by atoms with Crippen LogP contribution in [0.3, 0.4) is 0 Å². The molecule has 1 aromatic heterocycles. The molecule has 2 heterocycles. The first kappa shape index (κ1) is 12.5. The Morgan fingerprint density at radius 1 is 1.32 bits per heavy atom.